The van der Waals surface area contributed by atoms with Crippen molar-refractivity contribution < 1.29 is 24.2 Å². The van der Waals surface area contributed by atoms with Gasteiger partial charge in [0.25, 0.3) is 0 Å². The summed E-state index contributed by atoms with van der Waals surface area (Å²) in [4.78, 5) is 22.0. The molecule has 0 atom stereocenters. The number of allylic oxidation sites excluding steroid dienone is 1. The zero-order valence-corrected chi connectivity index (χ0v) is 9.59. The molecular weight excluding hydrogens is 236 g/mol. The van der Waals surface area contributed by atoms with Crippen molar-refractivity contribution in [1.82, 2.24) is 0 Å². The van der Waals surface area contributed by atoms with Crippen LogP contribution >= 0.6 is 0 Å². The average Bonchev–Trinajstić information content (AvgIpc) is 2.60. The lowest BCUT2D eigenvalue weighted by Gasteiger charge is -2.07. The topological polar surface area (TPSA) is 72.8 Å². The number of aliphatic carboxylic acids is 1. The number of carbonyl (C=O) groups excluding carboxylic acids is 1. The average molecular weight is 248 g/mol. The molecule has 0 fully saturated rings. The zero-order chi connectivity index (χ0) is 13.0. The number of carbonyl (C=O) groups is 2. The fourth-order valence-electron chi connectivity index (χ4n) is 1.56. The van der Waals surface area contributed by atoms with E-state index in [1.54, 1.807) is 18.2 Å². The molecule has 5 heteroatoms. The Morgan fingerprint density at radius 2 is 1.83 bits per heavy atom. The molecule has 18 heavy (non-hydrogen) atoms. The third-order valence-electron chi connectivity index (χ3n) is 2.41. The summed E-state index contributed by atoms with van der Waals surface area (Å²) in [5, 5.41) is 8.45. The van der Waals surface area contributed by atoms with E-state index >= 15 is 0 Å². The zero-order valence-electron chi connectivity index (χ0n) is 9.59. The Bertz CT molecular complexity index is 504. The number of carboxylic acids is 1. The van der Waals surface area contributed by atoms with E-state index in [0.29, 0.717) is 30.3 Å². The Balaban J connectivity index is 2.22. The number of hydrogen-bond acceptors (Lipinski definition) is 4. The number of rotatable bonds is 3. The van der Waals surface area contributed by atoms with Crippen molar-refractivity contribution >= 4 is 11.8 Å². The van der Waals surface area contributed by atoms with E-state index in [0.717, 1.165) is 18.6 Å². The van der Waals surface area contributed by atoms with Crippen molar-refractivity contribution in [2.45, 2.75) is 6.42 Å². The lowest BCUT2D eigenvalue weighted by molar-refractivity contribution is -0.131. The van der Waals surface area contributed by atoms with Crippen molar-refractivity contribution in [1.29, 1.82) is 0 Å². The molecule has 2 rings (SSSR count). The monoisotopic (exact) mass is 248 g/mol. The molecule has 1 aliphatic heterocycles. The van der Waals surface area contributed by atoms with E-state index in [9.17, 15) is 9.59 Å². The molecule has 0 bridgehead atoms. The van der Waals surface area contributed by atoms with Gasteiger partial charge in [-0.3, -0.25) is 4.79 Å². The van der Waals surface area contributed by atoms with Crippen molar-refractivity contribution in [3.05, 3.63) is 35.9 Å². The molecule has 0 amide bonds. The van der Waals surface area contributed by atoms with Gasteiger partial charge >= 0.3 is 5.97 Å². The van der Waals surface area contributed by atoms with Gasteiger partial charge in [-0.05, 0) is 24.3 Å². The van der Waals surface area contributed by atoms with E-state index in [4.69, 9.17) is 14.6 Å². The highest BCUT2D eigenvalue weighted by Crippen LogP contribution is 2.30. The van der Waals surface area contributed by atoms with E-state index in [1.165, 1.54) is 0 Å². The number of ether oxygens (including phenoxy) is 2. The van der Waals surface area contributed by atoms with Gasteiger partial charge in [-0.25, -0.2) is 4.79 Å². The third-order valence-corrected chi connectivity index (χ3v) is 2.41. The summed E-state index contributed by atoms with van der Waals surface area (Å²) in [6.07, 6.45) is 2.61. The number of ketones is 1. The highest BCUT2D eigenvalue weighted by atomic mass is 16.5. The Kier molecular flexibility index (Phi) is 3.62. The van der Waals surface area contributed by atoms with Crippen LogP contribution in [0.25, 0.3) is 0 Å². The van der Waals surface area contributed by atoms with Crippen LogP contribution in [0.3, 0.4) is 0 Å². The van der Waals surface area contributed by atoms with Gasteiger partial charge < -0.3 is 14.6 Å². The van der Waals surface area contributed by atoms with E-state index in [-0.39, 0.29) is 5.78 Å². The van der Waals surface area contributed by atoms with Gasteiger partial charge in [-0.1, -0.05) is 0 Å². The Morgan fingerprint density at radius 3 is 2.56 bits per heavy atom. The summed E-state index contributed by atoms with van der Waals surface area (Å²) in [6.45, 7) is 1.12. The fraction of sp³-hybridized carbons (Fsp3) is 0.231. The first-order chi connectivity index (χ1) is 8.66. The van der Waals surface area contributed by atoms with Crippen LogP contribution in [0.4, 0.5) is 0 Å². The summed E-state index contributed by atoms with van der Waals surface area (Å²) in [7, 11) is 0. The smallest absolute Gasteiger partial charge is 0.328 e. The van der Waals surface area contributed by atoms with Crippen LogP contribution in [0.1, 0.15) is 16.8 Å². The molecular formula is C13H12O5. The van der Waals surface area contributed by atoms with Crippen LogP contribution in [0.2, 0.25) is 0 Å². The lowest BCUT2D eigenvalue weighted by atomic mass is 10.1. The minimum atomic E-state index is -1.15. The van der Waals surface area contributed by atoms with Crippen LogP contribution in [0.5, 0.6) is 11.5 Å². The van der Waals surface area contributed by atoms with E-state index < -0.39 is 5.97 Å². The summed E-state index contributed by atoms with van der Waals surface area (Å²) < 4.78 is 10.9. The number of hydrogen-bond donors (Lipinski definition) is 1. The molecule has 5 nitrogen and oxygen atoms in total. The predicted octanol–water partition coefficient (Wildman–Crippen LogP) is 1.67. The maximum atomic E-state index is 11.7. The fourth-order valence-corrected chi connectivity index (χ4v) is 1.56. The van der Waals surface area contributed by atoms with Gasteiger partial charge in [-0.2, -0.15) is 0 Å². The molecule has 0 aromatic heterocycles. The molecule has 1 aliphatic rings. The van der Waals surface area contributed by atoms with Crippen molar-refractivity contribution in [3.63, 3.8) is 0 Å². The molecule has 1 heterocycles. The normalized spacial score (nSPS) is 14.2. The van der Waals surface area contributed by atoms with Crippen LogP contribution in [-0.2, 0) is 4.79 Å². The quantitative estimate of drug-likeness (QED) is 0.650. The highest BCUT2D eigenvalue weighted by Gasteiger charge is 2.12. The maximum Gasteiger partial charge on any atom is 0.328 e. The number of fused-ring (bicyclic) bond motifs is 1. The molecule has 1 aromatic rings. The minimum Gasteiger partial charge on any atom is -0.490 e. The predicted molar refractivity (Wildman–Crippen MR) is 63.2 cm³/mol. The van der Waals surface area contributed by atoms with Gasteiger partial charge in [0.2, 0.25) is 0 Å². The Morgan fingerprint density at radius 1 is 1.11 bits per heavy atom. The molecule has 0 unspecified atom stereocenters. The Hall–Kier alpha value is -2.30. The Labute approximate surface area is 104 Å². The van der Waals surface area contributed by atoms with Crippen molar-refractivity contribution in [2.24, 2.45) is 0 Å². The highest BCUT2D eigenvalue weighted by molar-refractivity contribution is 6.07. The first-order valence-corrected chi connectivity index (χ1v) is 5.52. The van der Waals surface area contributed by atoms with Crippen LogP contribution in [0.15, 0.2) is 30.4 Å². The summed E-state index contributed by atoms with van der Waals surface area (Å²) in [6, 6.07) is 4.81. The SMILES string of the molecule is O=C(O)C=CC(=O)c1ccc2c(c1)OCCCO2. The lowest BCUT2D eigenvalue weighted by Crippen LogP contribution is -1.99. The second-order valence-electron chi connectivity index (χ2n) is 3.75. The maximum absolute atomic E-state index is 11.7. The van der Waals surface area contributed by atoms with Gasteiger partial charge in [0, 0.05) is 18.1 Å². The van der Waals surface area contributed by atoms with Crippen molar-refractivity contribution in [3.8, 4) is 11.5 Å². The number of benzene rings is 1. The van der Waals surface area contributed by atoms with E-state index in [1.807, 2.05) is 0 Å². The van der Waals surface area contributed by atoms with Crippen molar-refractivity contribution in [2.75, 3.05) is 13.2 Å². The second kappa shape index (κ2) is 5.35. The molecule has 94 valence electrons. The molecule has 1 N–H and O–H groups in total. The first kappa shape index (κ1) is 12.2. The number of carboxylic acid groups (broad SMARTS) is 1. The van der Waals surface area contributed by atoms with Crippen LogP contribution in [-0.4, -0.2) is 30.1 Å². The summed E-state index contributed by atoms with van der Waals surface area (Å²) in [5.74, 6) is -0.418. The van der Waals surface area contributed by atoms with Crippen LogP contribution in [0, 0.1) is 0 Å². The van der Waals surface area contributed by atoms with Gasteiger partial charge in [0.05, 0.1) is 13.2 Å². The van der Waals surface area contributed by atoms with Gasteiger partial charge in [0.15, 0.2) is 17.3 Å². The summed E-state index contributed by atoms with van der Waals surface area (Å²) >= 11 is 0. The third kappa shape index (κ3) is 2.88. The largest absolute Gasteiger partial charge is 0.490 e. The first-order valence-electron chi connectivity index (χ1n) is 5.52. The molecule has 1 aromatic carbocycles. The van der Waals surface area contributed by atoms with Gasteiger partial charge in [-0.15, -0.1) is 0 Å². The molecule has 0 radical (unpaired) electrons. The van der Waals surface area contributed by atoms with Gasteiger partial charge in [0.1, 0.15) is 0 Å². The summed E-state index contributed by atoms with van der Waals surface area (Å²) in [5.41, 5.74) is 0.372. The molecule has 0 aliphatic carbocycles. The second-order valence-corrected chi connectivity index (χ2v) is 3.75. The molecule has 0 saturated heterocycles. The van der Waals surface area contributed by atoms with E-state index in [2.05, 4.69) is 0 Å². The molecule has 0 spiro atoms. The minimum absolute atomic E-state index is 0.372. The standard InChI is InChI=1S/C13H12O5/c14-10(3-5-13(15)16)9-2-4-11-12(8-9)18-7-1-6-17-11/h2-5,8H,1,6-7H2,(H,15,16). The molecule has 0 saturated carbocycles. The van der Waals surface area contributed by atoms with Crippen LogP contribution < -0.4 is 9.47 Å².